The van der Waals surface area contributed by atoms with E-state index in [-0.39, 0.29) is 11.6 Å². The number of carbonyl (C=O) groups is 1. The van der Waals surface area contributed by atoms with Crippen LogP contribution in [0.2, 0.25) is 18.1 Å². The van der Waals surface area contributed by atoms with Crippen molar-refractivity contribution in [2.75, 3.05) is 0 Å². The molecule has 0 spiro atoms. The molecule has 0 saturated carbocycles. The van der Waals surface area contributed by atoms with Gasteiger partial charge in [0.1, 0.15) is 12.1 Å². The lowest BCUT2D eigenvalue weighted by Crippen LogP contribution is -2.43. The van der Waals surface area contributed by atoms with Crippen molar-refractivity contribution in [3.05, 3.63) is 161 Å². The van der Waals surface area contributed by atoms with E-state index in [1.807, 2.05) is 60.8 Å². The second-order valence-corrected chi connectivity index (χ2v) is 17.4. The van der Waals surface area contributed by atoms with Crippen LogP contribution in [0.5, 0.6) is 0 Å². The molecule has 0 bridgehead atoms. The molecule has 0 radical (unpaired) electrons. The third-order valence-corrected chi connectivity index (χ3v) is 13.2. The van der Waals surface area contributed by atoms with Crippen molar-refractivity contribution < 1.29 is 14.0 Å². The smallest absolute Gasteiger partial charge is 0.339 e. The van der Waals surface area contributed by atoms with Crippen LogP contribution in [0.1, 0.15) is 60.4 Å². The largest absolute Gasteiger partial charge is 0.457 e. The molecule has 5 rings (SSSR count). The molecule has 5 aromatic rings. The molecule has 1 atom stereocenters. The Balaban J connectivity index is 1.49. The Morgan fingerprint density at radius 3 is 1.76 bits per heavy atom. The number of ether oxygens (including phenoxy) is 1. The van der Waals surface area contributed by atoms with E-state index < -0.39 is 25.9 Å². The normalized spacial score (nSPS) is 12.7. The zero-order valence-corrected chi connectivity index (χ0v) is 27.5. The van der Waals surface area contributed by atoms with Gasteiger partial charge in [-0.05, 0) is 52.5 Å². The SMILES string of the molecule is CC(C)(C)[Si](C)(C)OC(C(=O)OCc1cn(C(c2ccccc2)(c2ccccc2)c2ccccc2)cn1)c1ccc(C#N)cc1. The fourth-order valence-electron chi connectivity index (χ4n) is 5.28. The van der Waals surface area contributed by atoms with E-state index >= 15 is 0 Å². The maximum atomic E-state index is 13.7. The first kappa shape index (κ1) is 31.6. The van der Waals surface area contributed by atoms with Crippen LogP contribution in [0.4, 0.5) is 0 Å². The summed E-state index contributed by atoms with van der Waals surface area (Å²) in [5.41, 5.74) is 4.30. The molecule has 1 heterocycles. The molecule has 4 aromatic carbocycles. The highest BCUT2D eigenvalue weighted by Crippen LogP contribution is 2.42. The highest BCUT2D eigenvalue weighted by atomic mass is 28.4. The van der Waals surface area contributed by atoms with E-state index in [9.17, 15) is 10.1 Å². The molecule has 7 heteroatoms. The molecule has 0 N–H and O–H groups in total. The number of hydrogen-bond donors (Lipinski definition) is 0. The summed E-state index contributed by atoms with van der Waals surface area (Å²) < 4.78 is 14.6. The van der Waals surface area contributed by atoms with Gasteiger partial charge in [-0.2, -0.15) is 5.26 Å². The fraction of sp³-hybridized carbons (Fsp3) is 0.237. The van der Waals surface area contributed by atoms with E-state index in [1.54, 1.807) is 30.6 Å². The molecule has 6 nitrogen and oxygen atoms in total. The molecule has 1 aromatic heterocycles. The lowest BCUT2D eigenvalue weighted by Gasteiger charge is -2.38. The first-order valence-electron chi connectivity index (χ1n) is 15.1. The topological polar surface area (TPSA) is 77.1 Å². The number of nitriles is 1. The van der Waals surface area contributed by atoms with Gasteiger partial charge in [-0.25, -0.2) is 9.78 Å². The number of benzene rings is 4. The molecule has 0 fully saturated rings. The quantitative estimate of drug-likeness (QED) is 0.0898. The number of hydrogen-bond acceptors (Lipinski definition) is 5. The van der Waals surface area contributed by atoms with Crippen LogP contribution >= 0.6 is 0 Å². The second kappa shape index (κ2) is 13.1. The van der Waals surface area contributed by atoms with Gasteiger partial charge < -0.3 is 13.7 Å². The maximum absolute atomic E-state index is 13.7. The summed E-state index contributed by atoms with van der Waals surface area (Å²) in [7, 11) is -2.36. The molecular formula is C38H39N3O3Si. The molecule has 0 amide bonds. The van der Waals surface area contributed by atoms with E-state index in [1.165, 1.54) is 0 Å². The van der Waals surface area contributed by atoms with Gasteiger partial charge in [0.25, 0.3) is 0 Å². The van der Waals surface area contributed by atoms with E-state index in [2.05, 4.69) is 80.9 Å². The van der Waals surface area contributed by atoms with Crippen molar-refractivity contribution in [3.63, 3.8) is 0 Å². The minimum atomic E-state index is -2.36. The van der Waals surface area contributed by atoms with Crippen molar-refractivity contribution >= 4 is 14.3 Å². The predicted octanol–water partition coefficient (Wildman–Crippen LogP) is 8.40. The summed E-state index contributed by atoms with van der Waals surface area (Å²) in [6.45, 7) is 10.6. The summed E-state index contributed by atoms with van der Waals surface area (Å²) in [4.78, 5) is 18.4. The Morgan fingerprint density at radius 2 is 1.31 bits per heavy atom. The lowest BCUT2D eigenvalue weighted by atomic mass is 9.77. The Kier molecular flexibility index (Phi) is 9.19. The van der Waals surface area contributed by atoms with E-state index in [4.69, 9.17) is 14.1 Å². The van der Waals surface area contributed by atoms with Crippen LogP contribution in [0.25, 0.3) is 0 Å². The van der Waals surface area contributed by atoms with Gasteiger partial charge in [0, 0.05) is 6.20 Å². The number of aromatic nitrogens is 2. The molecule has 1 unspecified atom stereocenters. The monoisotopic (exact) mass is 613 g/mol. The lowest BCUT2D eigenvalue weighted by molar-refractivity contribution is -0.154. The average molecular weight is 614 g/mol. The predicted molar refractivity (Wildman–Crippen MR) is 179 cm³/mol. The summed E-state index contributed by atoms with van der Waals surface area (Å²) >= 11 is 0. The van der Waals surface area contributed by atoms with Crippen LogP contribution in [0.3, 0.4) is 0 Å². The van der Waals surface area contributed by atoms with Gasteiger partial charge in [-0.15, -0.1) is 0 Å². The second-order valence-electron chi connectivity index (χ2n) is 12.7. The van der Waals surface area contributed by atoms with E-state index in [0.29, 0.717) is 16.8 Å². The Labute approximate surface area is 267 Å². The number of imidazole rings is 1. The summed E-state index contributed by atoms with van der Waals surface area (Å²) in [5.74, 6) is -0.487. The van der Waals surface area contributed by atoms with Crippen molar-refractivity contribution in [2.24, 2.45) is 0 Å². The average Bonchev–Trinajstić information content (AvgIpc) is 3.53. The molecule has 0 aliphatic rings. The third-order valence-electron chi connectivity index (χ3n) is 8.74. The van der Waals surface area contributed by atoms with Crippen molar-refractivity contribution in [1.29, 1.82) is 5.26 Å². The molecule has 0 aliphatic heterocycles. The van der Waals surface area contributed by atoms with Crippen LogP contribution in [-0.4, -0.2) is 23.8 Å². The Hall–Kier alpha value is -4.77. The first-order chi connectivity index (χ1) is 21.6. The number of esters is 1. The van der Waals surface area contributed by atoms with Gasteiger partial charge in [0.15, 0.2) is 14.4 Å². The molecule has 45 heavy (non-hydrogen) atoms. The van der Waals surface area contributed by atoms with Gasteiger partial charge in [0.05, 0.1) is 23.7 Å². The minimum Gasteiger partial charge on any atom is -0.457 e. The van der Waals surface area contributed by atoms with Gasteiger partial charge in [-0.3, -0.25) is 0 Å². The zero-order chi connectivity index (χ0) is 32.1. The summed E-state index contributed by atoms with van der Waals surface area (Å²) in [5, 5.41) is 9.16. The van der Waals surface area contributed by atoms with Crippen molar-refractivity contribution in [2.45, 2.75) is 57.2 Å². The van der Waals surface area contributed by atoms with Crippen LogP contribution in [0.15, 0.2) is 128 Å². The third kappa shape index (κ3) is 6.53. The van der Waals surface area contributed by atoms with Gasteiger partial charge >= 0.3 is 5.97 Å². The minimum absolute atomic E-state index is 0.0199. The number of carbonyl (C=O) groups excluding carboxylic acids is 1. The molecular weight excluding hydrogens is 575 g/mol. The zero-order valence-electron chi connectivity index (χ0n) is 26.5. The van der Waals surface area contributed by atoms with Crippen LogP contribution in [0, 0.1) is 11.3 Å². The maximum Gasteiger partial charge on any atom is 0.339 e. The van der Waals surface area contributed by atoms with Crippen LogP contribution < -0.4 is 0 Å². The van der Waals surface area contributed by atoms with Gasteiger partial charge in [-0.1, -0.05) is 124 Å². The Morgan fingerprint density at radius 1 is 0.822 bits per heavy atom. The highest BCUT2D eigenvalue weighted by Gasteiger charge is 2.42. The first-order valence-corrected chi connectivity index (χ1v) is 18.0. The number of rotatable bonds is 10. The van der Waals surface area contributed by atoms with Crippen molar-refractivity contribution in [1.82, 2.24) is 9.55 Å². The standard InChI is InChI=1S/C38H39N3O3Si/c1-37(2,3)45(4,5)44-35(30-23-21-29(25-39)22-24-30)36(42)43-27-34-26-41(28-40-34)38(31-15-9-6-10-16-31,32-17-11-7-12-18-32)33-19-13-8-14-20-33/h6-24,26,28,35H,27H2,1-5H3. The number of nitrogens with zero attached hydrogens (tertiary/aromatic N) is 3. The van der Waals surface area contributed by atoms with Crippen molar-refractivity contribution in [3.8, 4) is 6.07 Å². The summed E-state index contributed by atoms with van der Waals surface area (Å²) in [6, 6.07) is 40.1. The van der Waals surface area contributed by atoms with Gasteiger partial charge in [0.2, 0.25) is 0 Å². The molecule has 228 valence electrons. The Bertz CT molecular complexity index is 1660. The van der Waals surface area contributed by atoms with E-state index in [0.717, 1.165) is 16.7 Å². The molecule has 0 aliphatic carbocycles. The fourth-order valence-corrected chi connectivity index (χ4v) is 6.46. The summed E-state index contributed by atoms with van der Waals surface area (Å²) in [6.07, 6.45) is 2.84. The molecule has 0 saturated heterocycles. The van der Waals surface area contributed by atoms with Crippen LogP contribution in [-0.2, 0) is 26.1 Å². The highest BCUT2D eigenvalue weighted by molar-refractivity contribution is 6.74.